The molecule has 0 aliphatic carbocycles. The Morgan fingerprint density at radius 2 is 1.87 bits per heavy atom. The fourth-order valence-electron chi connectivity index (χ4n) is 3.34. The Kier molecular flexibility index (Phi) is 6.35. The van der Waals surface area contributed by atoms with Crippen molar-refractivity contribution in [2.24, 2.45) is 5.73 Å². The van der Waals surface area contributed by atoms with Gasteiger partial charge in [0.05, 0.1) is 22.5 Å². The second-order valence-corrected chi connectivity index (χ2v) is 9.30. The van der Waals surface area contributed by atoms with Crippen molar-refractivity contribution in [3.8, 4) is 0 Å². The van der Waals surface area contributed by atoms with E-state index in [1.54, 1.807) is 22.8 Å². The van der Waals surface area contributed by atoms with Crippen molar-refractivity contribution in [3.05, 3.63) is 71.1 Å². The first kappa shape index (κ1) is 22.1. The van der Waals surface area contributed by atoms with Crippen LogP contribution in [0.15, 0.2) is 53.2 Å². The van der Waals surface area contributed by atoms with Crippen molar-refractivity contribution in [2.45, 2.75) is 24.8 Å². The number of nitrogens with zero attached hydrogens (tertiary/aromatic N) is 3. The van der Waals surface area contributed by atoms with Crippen LogP contribution in [0.5, 0.6) is 0 Å². The van der Waals surface area contributed by atoms with Gasteiger partial charge in [-0.3, -0.25) is 0 Å². The molecule has 2 N–H and O–H groups in total. The lowest BCUT2D eigenvalue weighted by molar-refractivity contribution is 0.520. The highest BCUT2D eigenvalue weighted by Crippen LogP contribution is 2.28. The van der Waals surface area contributed by atoms with Crippen LogP contribution in [0.2, 0.25) is 0 Å². The Morgan fingerprint density at radius 1 is 1.20 bits per heavy atom. The zero-order chi connectivity index (χ0) is 22.1. The number of pyridine rings is 1. The summed E-state index contributed by atoms with van der Waals surface area (Å²) in [5.74, 6) is -1.00. The van der Waals surface area contributed by atoms with Crippen molar-refractivity contribution in [1.29, 1.82) is 0 Å². The molecule has 3 aromatic rings. The molecule has 0 saturated heterocycles. The van der Waals surface area contributed by atoms with Crippen LogP contribution in [0.4, 0.5) is 8.78 Å². The fourth-order valence-corrected chi connectivity index (χ4v) is 4.24. The Balaban J connectivity index is 2.03. The normalized spacial score (nSPS) is 12.8. The molecule has 0 aliphatic rings. The maximum Gasteiger partial charge on any atom is 0.242 e. The minimum atomic E-state index is -3.52. The summed E-state index contributed by atoms with van der Waals surface area (Å²) in [7, 11) is -0.576. The van der Waals surface area contributed by atoms with E-state index in [1.807, 2.05) is 6.92 Å². The van der Waals surface area contributed by atoms with E-state index in [9.17, 15) is 17.2 Å². The van der Waals surface area contributed by atoms with Crippen molar-refractivity contribution >= 4 is 21.1 Å². The number of allylic oxidation sites excluding steroid dienone is 1. The summed E-state index contributed by atoms with van der Waals surface area (Å²) in [5.41, 5.74) is 8.82. The van der Waals surface area contributed by atoms with Gasteiger partial charge in [-0.2, -0.15) is 4.39 Å². The molecular weight excluding hydrogens is 410 g/mol. The highest BCUT2D eigenvalue weighted by atomic mass is 32.2. The van der Waals surface area contributed by atoms with Crippen LogP contribution in [0.1, 0.15) is 16.8 Å². The molecular formula is C21H24F2N4O2S. The molecule has 0 unspecified atom stereocenters. The van der Waals surface area contributed by atoms with Crippen molar-refractivity contribution in [1.82, 2.24) is 13.9 Å². The van der Waals surface area contributed by atoms with E-state index >= 15 is 0 Å². The summed E-state index contributed by atoms with van der Waals surface area (Å²) in [6.45, 7) is 1.90. The summed E-state index contributed by atoms with van der Waals surface area (Å²) in [6.07, 6.45) is 1.70. The molecule has 6 nitrogen and oxygen atoms in total. The van der Waals surface area contributed by atoms with Gasteiger partial charge in [-0.1, -0.05) is 12.1 Å². The van der Waals surface area contributed by atoms with E-state index in [0.29, 0.717) is 17.5 Å². The summed E-state index contributed by atoms with van der Waals surface area (Å²) < 4.78 is 55.4. The van der Waals surface area contributed by atoms with Gasteiger partial charge < -0.3 is 10.3 Å². The maximum absolute atomic E-state index is 14.1. The van der Waals surface area contributed by atoms with Gasteiger partial charge in [-0.25, -0.2) is 22.1 Å². The molecule has 3 rings (SSSR count). The molecule has 0 bridgehead atoms. The minimum absolute atomic E-state index is 0.0210. The van der Waals surface area contributed by atoms with Gasteiger partial charge in [-0.05, 0) is 42.8 Å². The number of hydrogen-bond donors (Lipinski definition) is 1. The maximum atomic E-state index is 14.1. The van der Waals surface area contributed by atoms with Crippen LogP contribution < -0.4 is 5.73 Å². The standard InChI is InChI=1S/C21H24F2N4O2S/c1-14-18(12-15-4-6-17(7-5-15)30(28,29)26(2)3)21-19(8-9-20(23)25-21)27(14)13-16(22)10-11-24/h4-10H,11-13,24H2,1-3H3. The summed E-state index contributed by atoms with van der Waals surface area (Å²) in [5, 5.41) is 0. The first-order valence-corrected chi connectivity index (χ1v) is 10.8. The molecule has 160 valence electrons. The lowest BCUT2D eigenvalue weighted by Gasteiger charge is -2.12. The molecule has 0 atom stereocenters. The van der Waals surface area contributed by atoms with E-state index in [-0.39, 0.29) is 23.8 Å². The Hall–Kier alpha value is -2.62. The van der Waals surface area contributed by atoms with E-state index in [4.69, 9.17) is 5.73 Å². The average molecular weight is 435 g/mol. The molecule has 0 fully saturated rings. The van der Waals surface area contributed by atoms with E-state index in [2.05, 4.69) is 4.98 Å². The van der Waals surface area contributed by atoms with Gasteiger partial charge in [0.15, 0.2) is 0 Å². The van der Waals surface area contributed by atoms with Gasteiger partial charge >= 0.3 is 0 Å². The molecule has 0 amide bonds. The largest absolute Gasteiger partial charge is 0.336 e. The number of halogens is 2. The smallest absolute Gasteiger partial charge is 0.242 e. The van der Waals surface area contributed by atoms with Gasteiger partial charge in [0.25, 0.3) is 0 Å². The first-order chi connectivity index (χ1) is 14.1. The Bertz CT molecular complexity index is 1200. The third kappa shape index (κ3) is 4.28. The molecule has 2 heterocycles. The third-order valence-corrected chi connectivity index (χ3v) is 6.82. The number of nitrogens with two attached hydrogens (primary N) is 1. The second-order valence-electron chi connectivity index (χ2n) is 7.15. The highest BCUT2D eigenvalue weighted by Gasteiger charge is 2.19. The van der Waals surface area contributed by atoms with Crippen molar-refractivity contribution in [3.63, 3.8) is 0 Å². The number of fused-ring (bicyclic) bond motifs is 1. The Labute approximate surface area is 174 Å². The molecule has 0 aliphatic heterocycles. The van der Waals surface area contributed by atoms with E-state index < -0.39 is 16.0 Å². The number of benzene rings is 1. The molecule has 1 aromatic carbocycles. The summed E-state index contributed by atoms with van der Waals surface area (Å²) >= 11 is 0. The predicted molar refractivity (Wildman–Crippen MR) is 113 cm³/mol. The average Bonchev–Trinajstić information content (AvgIpc) is 2.93. The lowest BCUT2D eigenvalue weighted by Crippen LogP contribution is -2.22. The molecule has 0 spiro atoms. The summed E-state index contributed by atoms with van der Waals surface area (Å²) in [4.78, 5) is 4.22. The van der Waals surface area contributed by atoms with E-state index in [0.717, 1.165) is 21.1 Å². The van der Waals surface area contributed by atoms with Crippen LogP contribution in [0, 0.1) is 12.9 Å². The minimum Gasteiger partial charge on any atom is -0.336 e. The van der Waals surface area contributed by atoms with Gasteiger partial charge in [0.2, 0.25) is 16.0 Å². The number of aromatic nitrogens is 2. The molecule has 0 saturated carbocycles. The van der Waals surface area contributed by atoms with Crippen LogP contribution in [-0.2, 0) is 23.0 Å². The molecule has 2 aromatic heterocycles. The zero-order valence-corrected chi connectivity index (χ0v) is 17.9. The van der Waals surface area contributed by atoms with Crippen LogP contribution >= 0.6 is 0 Å². The molecule has 0 radical (unpaired) electrons. The topological polar surface area (TPSA) is 81.2 Å². The van der Waals surface area contributed by atoms with Crippen LogP contribution in [0.3, 0.4) is 0 Å². The molecule has 30 heavy (non-hydrogen) atoms. The second kappa shape index (κ2) is 8.63. The number of rotatable bonds is 7. The predicted octanol–water partition coefficient (Wildman–Crippen LogP) is 3.14. The van der Waals surface area contributed by atoms with Gasteiger partial charge in [0.1, 0.15) is 5.83 Å². The van der Waals surface area contributed by atoms with E-state index in [1.165, 1.54) is 38.4 Å². The Morgan fingerprint density at radius 3 is 2.47 bits per heavy atom. The van der Waals surface area contributed by atoms with Gasteiger partial charge in [-0.15, -0.1) is 0 Å². The lowest BCUT2D eigenvalue weighted by atomic mass is 10.0. The quantitative estimate of drug-likeness (QED) is 0.580. The third-order valence-electron chi connectivity index (χ3n) is 4.99. The highest BCUT2D eigenvalue weighted by molar-refractivity contribution is 7.89. The number of sulfonamides is 1. The van der Waals surface area contributed by atoms with Crippen LogP contribution in [-0.4, -0.2) is 42.9 Å². The van der Waals surface area contributed by atoms with Gasteiger partial charge in [0, 0.05) is 38.3 Å². The monoisotopic (exact) mass is 434 g/mol. The zero-order valence-electron chi connectivity index (χ0n) is 17.1. The van der Waals surface area contributed by atoms with Crippen molar-refractivity contribution < 1.29 is 17.2 Å². The SMILES string of the molecule is Cc1c(Cc2ccc(S(=O)(=O)N(C)C)cc2)c2nc(F)ccc2n1CC(F)=CCN. The first-order valence-electron chi connectivity index (χ1n) is 9.35. The number of hydrogen-bond acceptors (Lipinski definition) is 4. The van der Waals surface area contributed by atoms with Crippen LogP contribution in [0.25, 0.3) is 11.0 Å². The summed E-state index contributed by atoms with van der Waals surface area (Å²) in [6, 6.07) is 9.33. The molecule has 9 heteroatoms. The van der Waals surface area contributed by atoms with Crippen molar-refractivity contribution in [2.75, 3.05) is 20.6 Å². The fraction of sp³-hybridized carbons (Fsp3) is 0.286.